The fourth-order valence-corrected chi connectivity index (χ4v) is 3.30. The highest BCUT2D eigenvalue weighted by atomic mass is 16.5. The van der Waals surface area contributed by atoms with Crippen molar-refractivity contribution in [3.8, 4) is 0 Å². The van der Waals surface area contributed by atoms with Crippen LogP contribution in [0.3, 0.4) is 0 Å². The number of hydrogen-bond donors (Lipinski definition) is 1. The van der Waals surface area contributed by atoms with Gasteiger partial charge in [-0.2, -0.15) is 0 Å². The highest BCUT2D eigenvalue weighted by Gasteiger charge is 2.39. The molecule has 0 radical (unpaired) electrons. The minimum absolute atomic E-state index is 0.173. The minimum Gasteiger partial charge on any atom is -0.383 e. The van der Waals surface area contributed by atoms with Gasteiger partial charge in [0.2, 0.25) is 0 Å². The van der Waals surface area contributed by atoms with Crippen LogP contribution in [-0.4, -0.2) is 32.0 Å². The summed E-state index contributed by atoms with van der Waals surface area (Å²) in [5, 5.41) is 0. The summed E-state index contributed by atoms with van der Waals surface area (Å²) in [6.07, 6.45) is 8.76. The van der Waals surface area contributed by atoms with Gasteiger partial charge in [-0.05, 0) is 31.6 Å². The number of rotatable bonds is 3. The van der Waals surface area contributed by atoms with Gasteiger partial charge < -0.3 is 15.2 Å². The first-order valence-electron chi connectivity index (χ1n) is 6.64. The topological polar surface area (TPSA) is 44.5 Å². The molecule has 0 aromatic heterocycles. The molecular formula is C13H25NO2. The Morgan fingerprint density at radius 1 is 1.38 bits per heavy atom. The standard InChI is InChI=1S/C13H25NO2/c1-15-10-12(14)11-5-8-16-13(9-11)6-3-2-4-7-13/h11-12H,2-10,14H2,1H3. The molecule has 3 heteroatoms. The zero-order valence-electron chi connectivity index (χ0n) is 10.4. The summed E-state index contributed by atoms with van der Waals surface area (Å²) >= 11 is 0. The molecule has 2 atom stereocenters. The van der Waals surface area contributed by atoms with Gasteiger partial charge in [0.25, 0.3) is 0 Å². The predicted octanol–water partition coefficient (Wildman–Crippen LogP) is 2.09. The lowest BCUT2D eigenvalue weighted by molar-refractivity contribution is -0.122. The monoisotopic (exact) mass is 227 g/mol. The lowest BCUT2D eigenvalue weighted by atomic mass is 9.74. The third kappa shape index (κ3) is 2.76. The van der Waals surface area contributed by atoms with Crippen molar-refractivity contribution in [3.63, 3.8) is 0 Å². The maximum absolute atomic E-state index is 6.17. The molecule has 0 aromatic rings. The normalized spacial score (nSPS) is 31.5. The SMILES string of the molecule is COCC(N)C1CCOC2(CCCCC2)C1. The van der Waals surface area contributed by atoms with Crippen molar-refractivity contribution in [1.29, 1.82) is 0 Å². The van der Waals surface area contributed by atoms with E-state index in [4.69, 9.17) is 15.2 Å². The van der Waals surface area contributed by atoms with E-state index in [1.54, 1.807) is 7.11 Å². The van der Waals surface area contributed by atoms with Crippen molar-refractivity contribution >= 4 is 0 Å². The number of ether oxygens (including phenoxy) is 2. The number of methoxy groups -OCH3 is 1. The summed E-state index contributed by atoms with van der Waals surface area (Å²) in [5.74, 6) is 0.590. The van der Waals surface area contributed by atoms with Gasteiger partial charge in [0, 0.05) is 19.8 Å². The number of nitrogens with two attached hydrogens (primary N) is 1. The fourth-order valence-electron chi connectivity index (χ4n) is 3.30. The first-order chi connectivity index (χ1) is 7.76. The van der Waals surface area contributed by atoms with Crippen molar-refractivity contribution in [2.24, 2.45) is 11.7 Å². The zero-order chi connectivity index (χ0) is 11.4. The Morgan fingerprint density at radius 2 is 2.12 bits per heavy atom. The largest absolute Gasteiger partial charge is 0.383 e. The van der Waals surface area contributed by atoms with Crippen molar-refractivity contribution in [1.82, 2.24) is 0 Å². The molecule has 2 fully saturated rings. The second kappa shape index (κ2) is 5.48. The van der Waals surface area contributed by atoms with E-state index in [-0.39, 0.29) is 11.6 Å². The lowest BCUT2D eigenvalue weighted by Crippen LogP contribution is -2.47. The molecule has 3 nitrogen and oxygen atoms in total. The summed E-state index contributed by atoms with van der Waals surface area (Å²) < 4.78 is 11.2. The van der Waals surface area contributed by atoms with Gasteiger partial charge in [0.15, 0.2) is 0 Å². The highest BCUT2D eigenvalue weighted by molar-refractivity contribution is 4.92. The van der Waals surface area contributed by atoms with Gasteiger partial charge in [0.1, 0.15) is 0 Å². The van der Waals surface area contributed by atoms with Gasteiger partial charge in [-0.3, -0.25) is 0 Å². The third-order valence-electron chi connectivity index (χ3n) is 4.26. The van der Waals surface area contributed by atoms with Crippen LogP contribution in [-0.2, 0) is 9.47 Å². The molecule has 1 saturated carbocycles. The second-order valence-corrected chi connectivity index (χ2v) is 5.46. The fraction of sp³-hybridized carbons (Fsp3) is 1.00. The number of hydrogen-bond acceptors (Lipinski definition) is 3. The molecule has 1 spiro atoms. The van der Waals surface area contributed by atoms with Crippen LogP contribution < -0.4 is 5.73 Å². The average molecular weight is 227 g/mol. The first kappa shape index (κ1) is 12.3. The minimum atomic E-state index is 0.173. The Hall–Kier alpha value is -0.120. The zero-order valence-corrected chi connectivity index (χ0v) is 10.4. The smallest absolute Gasteiger partial charge is 0.0685 e. The quantitative estimate of drug-likeness (QED) is 0.803. The van der Waals surface area contributed by atoms with Crippen molar-refractivity contribution in [2.45, 2.75) is 56.6 Å². The van der Waals surface area contributed by atoms with Gasteiger partial charge in [-0.1, -0.05) is 19.3 Å². The van der Waals surface area contributed by atoms with E-state index in [0.29, 0.717) is 12.5 Å². The summed E-state index contributed by atoms with van der Waals surface area (Å²) in [7, 11) is 1.73. The van der Waals surface area contributed by atoms with Gasteiger partial charge in [-0.25, -0.2) is 0 Å². The van der Waals surface area contributed by atoms with E-state index < -0.39 is 0 Å². The van der Waals surface area contributed by atoms with E-state index in [1.165, 1.54) is 32.1 Å². The molecule has 16 heavy (non-hydrogen) atoms. The molecule has 0 bridgehead atoms. The van der Waals surface area contributed by atoms with Crippen molar-refractivity contribution < 1.29 is 9.47 Å². The van der Waals surface area contributed by atoms with Crippen LogP contribution >= 0.6 is 0 Å². The molecule has 2 rings (SSSR count). The summed E-state index contributed by atoms with van der Waals surface area (Å²) in [5.41, 5.74) is 6.34. The Labute approximate surface area is 98.7 Å². The van der Waals surface area contributed by atoms with E-state index >= 15 is 0 Å². The van der Waals surface area contributed by atoms with Gasteiger partial charge in [-0.15, -0.1) is 0 Å². The van der Waals surface area contributed by atoms with E-state index in [0.717, 1.165) is 19.4 Å². The molecule has 1 aliphatic carbocycles. The summed E-state index contributed by atoms with van der Waals surface area (Å²) in [6.45, 7) is 1.57. The van der Waals surface area contributed by atoms with Crippen LogP contribution in [0.25, 0.3) is 0 Å². The Bertz CT molecular complexity index is 208. The molecular weight excluding hydrogens is 202 g/mol. The maximum Gasteiger partial charge on any atom is 0.0685 e. The predicted molar refractivity (Wildman–Crippen MR) is 64.3 cm³/mol. The molecule has 94 valence electrons. The van der Waals surface area contributed by atoms with E-state index in [9.17, 15) is 0 Å². The highest BCUT2D eigenvalue weighted by Crippen LogP contribution is 2.41. The molecule has 0 amide bonds. The van der Waals surface area contributed by atoms with Crippen LogP contribution in [0.15, 0.2) is 0 Å². The van der Waals surface area contributed by atoms with Crippen molar-refractivity contribution in [3.05, 3.63) is 0 Å². The molecule has 1 saturated heterocycles. The van der Waals surface area contributed by atoms with Crippen LogP contribution in [0.2, 0.25) is 0 Å². The molecule has 1 heterocycles. The van der Waals surface area contributed by atoms with Crippen LogP contribution in [0.5, 0.6) is 0 Å². The third-order valence-corrected chi connectivity index (χ3v) is 4.26. The molecule has 2 N–H and O–H groups in total. The second-order valence-electron chi connectivity index (χ2n) is 5.46. The Kier molecular flexibility index (Phi) is 4.22. The average Bonchev–Trinajstić information content (AvgIpc) is 2.30. The molecule has 1 aliphatic heterocycles. The van der Waals surface area contributed by atoms with Gasteiger partial charge >= 0.3 is 0 Å². The Balaban J connectivity index is 1.92. The maximum atomic E-state index is 6.17. The Morgan fingerprint density at radius 3 is 2.81 bits per heavy atom. The molecule has 0 aromatic carbocycles. The van der Waals surface area contributed by atoms with Crippen LogP contribution in [0.1, 0.15) is 44.9 Å². The van der Waals surface area contributed by atoms with Crippen LogP contribution in [0.4, 0.5) is 0 Å². The van der Waals surface area contributed by atoms with E-state index in [2.05, 4.69) is 0 Å². The van der Waals surface area contributed by atoms with E-state index in [1.807, 2.05) is 0 Å². The summed E-state index contributed by atoms with van der Waals surface area (Å²) in [6, 6.07) is 0.188. The van der Waals surface area contributed by atoms with Gasteiger partial charge in [0.05, 0.1) is 12.2 Å². The summed E-state index contributed by atoms with van der Waals surface area (Å²) in [4.78, 5) is 0. The molecule has 2 unspecified atom stereocenters. The molecule has 2 aliphatic rings. The van der Waals surface area contributed by atoms with Crippen LogP contribution in [0, 0.1) is 5.92 Å². The van der Waals surface area contributed by atoms with Crippen molar-refractivity contribution in [2.75, 3.05) is 20.3 Å². The first-order valence-corrected chi connectivity index (χ1v) is 6.64. The lowest BCUT2D eigenvalue weighted by Gasteiger charge is -2.44.